The molecule has 9 heteroatoms. The van der Waals surface area contributed by atoms with E-state index in [-0.39, 0.29) is 5.25 Å². The third-order valence-electron chi connectivity index (χ3n) is 3.76. The van der Waals surface area contributed by atoms with Crippen LogP contribution in [0.1, 0.15) is 36.9 Å². The Morgan fingerprint density at radius 1 is 1.21 bits per heavy atom. The molecule has 1 atom stereocenters. The highest BCUT2D eigenvalue weighted by Crippen LogP contribution is 2.40. The summed E-state index contributed by atoms with van der Waals surface area (Å²) in [7, 11) is 1.63. The van der Waals surface area contributed by atoms with Gasteiger partial charge in [-0.15, -0.1) is 15.3 Å². The maximum absolute atomic E-state index is 5.81. The molecule has 1 fully saturated rings. The Balaban J connectivity index is 1.49. The van der Waals surface area contributed by atoms with Crippen LogP contribution in [0.25, 0.3) is 11.5 Å². The van der Waals surface area contributed by atoms with Crippen LogP contribution in [0.4, 0.5) is 0 Å². The zero-order valence-corrected chi connectivity index (χ0v) is 14.1. The van der Waals surface area contributed by atoms with Crippen molar-refractivity contribution >= 4 is 11.8 Å². The summed E-state index contributed by atoms with van der Waals surface area (Å²) in [4.78, 5) is 0. The lowest BCUT2D eigenvalue weighted by Gasteiger charge is -2.06. The van der Waals surface area contributed by atoms with Gasteiger partial charge in [0, 0.05) is 5.56 Å². The summed E-state index contributed by atoms with van der Waals surface area (Å²) in [6.07, 6.45) is 2.27. The molecule has 0 unspecified atom stereocenters. The first-order valence-corrected chi connectivity index (χ1v) is 8.55. The first kappa shape index (κ1) is 15.1. The number of benzene rings is 1. The molecule has 2 heterocycles. The van der Waals surface area contributed by atoms with E-state index in [1.807, 2.05) is 35.9 Å². The number of hydrogen-bond acceptors (Lipinski definition) is 8. The van der Waals surface area contributed by atoms with Gasteiger partial charge in [0.1, 0.15) is 5.75 Å². The van der Waals surface area contributed by atoms with E-state index in [1.54, 1.807) is 7.11 Å². The fraction of sp³-hybridized carbons (Fsp3) is 0.400. The number of ether oxygens (including phenoxy) is 1. The Bertz CT molecular complexity index is 827. The lowest BCUT2D eigenvalue weighted by atomic mass is 10.2. The van der Waals surface area contributed by atoms with Crippen molar-refractivity contribution in [1.29, 1.82) is 0 Å². The van der Waals surface area contributed by atoms with E-state index in [4.69, 9.17) is 9.15 Å². The SMILES string of the molecule is COc1ccc(-c2nnc([C@@H](C)Sc3nnnn3C3CC3)o2)cc1. The van der Waals surface area contributed by atoms with Crippen LogP contribution in [-0.2, 0) is 0 Å². The summed E-state index contributed by atoms with van der Waals surface area (Å²) in [5, 5.41) is 20.9. The van der Waals surface area contributed by atoms with Gasteiger partial charge in [0.2, 0.25) is 16.9 Å². The van der Waals surface area contributed by atoms with Gasteiger partial charge < -0.3 is 9.15 Å². The predicted molar refractivity (Wildman–Crippen MR) is 86.6 cm³/mol. The van der Waals surface area contributed by atoms with Crippen LogP contribution in [0.3, 0.4) is 0 Å². The summed E-state index contributed by atoms with van der Waals surface area (Å²) < 4.78 is 12.8. The van der Waals surface area contributed by atoms with Gasteiger partial charge in [0.25, 0.3) is 0 Å². The van der Waals surface area contributed by atoms with E-state index >= 15 is 0 Å². The summed E-state index contributed by atoms with van der Waals surface area (Å²) in [6.45, 7) is 2.00. The van der Waals surface area contributed by atoms with Gasteiger partial charge >= 0.3 is 0 Å². The number of methoxy groups -OCH3 is 1. The van der Waals surface area contributed by atoms with Gasteiger partial charge in [-0.2, -0.15) is 0 Å². The minimum Gasteiger partial charge on any atom is -0.497 e. The molecule has 24 heavy (non-hydrogen) atoms. The number of aromatic nitrogens is 6. The van der Waals surface area contributed by atoms with Gasteiger partial charge in [-0.25, -0.2) is 4.68 Å². The molecule has 0 amide bonds. The lowest BCUT2D eigenvalue weighted by molar-refractivity contribution is 0.415. The van der Waals surface area contributed by atoms with Crippen LogP contribution in [0.2, 0.25) is 0 Å². The van der Waals surface area contributed by atoms with Crippen LogP contribution in [0.5, 0.6) is 5.75 Å². The minimum atomic E-state index is -0.0343. The zero-order chi connectivity index (χ0) is 16.5. The molecule has 2 aromatic heterocycles. The second kappa shape index (κ2) is 6.23. The van der Waals surface area contributed by atoms with Crippen molar-refractivity contribution in [3.8, 4) is 17.2 Å². The topological polar surface area (TPSA) is 91.8 Å². The first-order valence-electron chi connectivity index (χ1n) is 7.67. The molecule has 4 rings (SSSR count). The van der Waals surface area contributed by atoms with E-state index in [2.05, 4.69) is 25.7 Å². The molecule has 3 aromatic rings. The number of tetrazole rings is 1. The maximum Gasteiger partial charge on any atom is 0.247 e. The van der Waals surface area contributed by atoms with Gasteiger partial charge in [-0.05, 0) is 54.5 Å². The van der Waals surface area contributed by atoms with Crippen LogP contribution in [0, 0.1) is 0 Å². The summed E-state index contributed by atoms with van der Waals surface area (Å²) in [6, 6.07) is 7.94. The predicted octanol–water partition coefficient (Wildman–Crippen LogP) is 2.92. The molecule has 1 aromatic carbocycles. The Morgan fingerprint density at radius 2 is 2.00 bits per heavy atom. The molecule has 1 aliphatic carbocycles. The van der Waals surface area contributed by atoms with E-state index in [9.17, 15) is 0 Å². The van der Waals surface area contributed by atoms with Crippen molar-refractivity contribution in [2.45, 2.75) is 36.2 Å². The normalized spacial score (nSPS) is 15.4. The van der Waals surface area contributed by atoms with E-state index in [0.29, 0.717) is 17.8 Å². The summed E-state index contributed by atoms with van der Waals surface area (Å²) in [5.41, 5.74) is 0.856. The average molecular weight is 344 g/mol. The molecule has 0 spiro atoms. The van der Waals surface area contributed by atoms with Crippen molar-refractivity contribution in [2.75, 3.05) is 7.11 Å². The summed E-state index contributed by atoms with van der Waals surface area (Å²) in [5.74, 6) is 1.83. The summed E-state index contributed by atoms with van der Waals surface area (Å²) >= 11 is 1.52. The Kier molecular flexibility index (Phi) is 3.93. The van der Waals surface area contributed by atoms with Crippen molar-refractivity contribution in [2.24, 2.45) is 0 Å². The Labute approximate surface area is 142 Å². The van der Waals surface area contributed by atoms with E-state index in [1.165, 1.54) is 11.8 Å². The van der Waals surface area contributed by atoms with Gasteiger partial charge in [0.15, 0.2) is 0 Å². The molecule has 0 N–H and O–H groups in total. The number of rotatable bonds is 6. The highest BCUT2D eigenvalue weighted by Gasteiger charge is 2.29. The molecule has 1 aliphatic rings. The lowest BCUT2D eigenvalue weighted by Crippen LogP contribution is -2.00. The first-order chi connectivity index (χ1) is 11.7. The molecular weight excluding hydrogens is 328 g/mol. The fourth-order valence-electron chi connectivity index (χ4n) is 2.27. The van der Waals surface area contributed by atoms with Crippen molar-refractivity contribution in [3.05, 3.63) is 30.2 Å². The maximum atomic E-state index is 5.81. The Hall–Kier alpha value is -2.42. The molecule has 124 valence electrons. The van der Waals surface area contributed by atoms with Crippen LogP contribution in [-0.4, -0.2) is 37.5 Å². The number of thioether (sulfide) groups is 1. The second-order valence-electron chi connectivity index (χ2n) is 5.57. The molecular formula is C15H16N6O2S. The van der Waals surface area contributed by atoms with Crippen LogP contribution < -0.4 is 4.74 Å². The molecule has 0 bridgehead atoms. The highest BCUT2D eigenvalue weighted by molar-refractivity contribution is 7.99. The second-order valence-corrected chi connectivity index (χ2v) is 6.88. The highest BCUT2D eigenvalue weighted by atomic mass is 32.2. The van der Waals surface area contributed by atoms with Gasteiger partial charge in [-0.3, -0.25) is 0 Å². The quantitative estimate of drug-likeness (QED) is 0.630. The number of hydrogen-bond donors (Lipinski definition) is 0. The van der Waals surface area contributed by atoms with Crippen molar-refractivity contribution < 1.29 is 9.15 Å². The third kappa shape index (κ3) is 2.99. The van der Waals surface area contributed by atoms with Crippen molar-refractivity contribution in [1.82, 2.24) is 30.4 Å². The molecule has 1 saturated carbocycles. The molecule has 8 nitrogen and oxygen atoms in total. The number of nitrogens with zero attached hydrogens (tertiary/aromatic N) is 6. The van der Waals surface area contributed by atoms with E-state index in [0.717, 1.165) is 29.3 Å². The van der Waals surface area contributed by atoms with Crippen molar-refractivity contribution in [3.63, 3.8) is 0 Å². The standard InChI is InChI=1S/C15H16N6O2S/c1-9(24-15-18-19-20-21(15)11-5-6-11)13-16-17-14(23-13)10-3-7-12(22-2)8-4-10/h3-4,7-9,11H,5-6H2,1-2H3/t9-/m1/s1. The van der Waals surface area contributed by atoms with E-state index < -0.39 is 0 Å². The molecule has 0 aliphatic heterocycles. The van der Waals surface area contributed by atoms with Crippen LogP contribution >= 0.6 is 11.8 Å². The average Bonchev–Trinajstić information content (AvgIpc) is 3.15. The Morgan fingerprint density at radius 3 is 2.71 bits per heavy atom. The smallest absolute Gasteiger partial charge is 0.247 e. The minimum absolute atomic E-state index is 0.0343. The van der Waals surface area contributed by atoms with Gasteiger partial charge in [0.05, 0.1) is 18.4 Å². The van der Waals surface area contributed by atoms with Gasteiger partial charge in [-0.1, -0.05) is 11.8 Å². The van der Waals surface area contributed by atoms with Crippen LogP contribution in [0.15, 0.2) is 33.8 Å². The molecule has 0 saturated heterocycles. The third-order valence-corrected chi connectivity index (χ3v) is 4.80. The zero-order valence-electron chi connectivity index (χ0n) is 13.3. The molecule has 0 radical (unpaired) electrons. The fourth-order valence-corrected chi connectivity index (χ4v) is 3.16. The monoisotopic (exact) mass is 344 g/mol. The largest absolute Gasteiger partial charge is 0.497 e.